The molecule has 2 aliphatic heterocycles. The first-order valence-electron chi connectivity index (χ1n) is 14.5. The number of amides is 5. The Morgan fingerprint density at radius 3 is 2.40 bits per heavy atom. The van der Waals surface area contributed by atoms with E-state index in [9.17, 15) is 19.2 Å². The predicted octanol–water partition coefficient (Wildman–Crippen LogP) is 4.38. The number of likely N-dealkylation sites (tertiary alicyclic amines) is 1. The minimum absolute atomic E-state index is 0.0224. The Labute approximate surface area is 250 Å². The van der Waals surface area contributed by atoms with Crippen molar-refractivity contribution >= 4 is 34.8 Å². The lowest BCUT2D eigenvalue weighted by molar-refractivity contribution is -0.123. The van der Waals surface area contributed by atoms with Gasteiger partial charge in [0, 0.05) is 41.8 Å². The number of aromatic nitrogens is 1. The lowest BCUT2D eigenvalue weighted by Gasteiger charge is -2.36. The molecule has 0 aliphatic carbocycles. The second-order valence-electron chi connectivity index (χ2n) is 12.0. The molecule has 43 heavy (non-hydrogen) atoms. The van der Waals surface area contributed by atoms with E-state index in [-0.39, 0.29) is 24.5 Å². The molecule has 2 aliphatic rings. The van der Waals surface area contributed by atoms with Crippen LogP contribution in [0, 0.1) is 12.8 Å². The number of aryl methyl sites for hydroxylation is 1. The highest BCUT2D eigenvalue weighted by Gasteiger charge is 2.39. The molecule has 1 unspecified atom stereocenters. The van der Waals surface area contributed by atoms with Crippen molar-refractivity contribution in [2.45, 2.75) is 58.9 Å². The van der Waals surface area contributed by atoms with Gasteiger partial charge in [-0.25, -0.2) is 9.59 Å². The summed E-state index contributed by atoms with van der Waals surface area (Å²) < 4.78 is 11.5. The molecule has 11 heteroatoms. The van der Waals surface area contributed by atoms with E-state index in [1.807, 2.05) is 58.0 Å². The van der Waals surface area contributed by atoms with E-state index < -0.39 is 23.7 Å². The number of piperidine rings is 1. The third-order valence-electron chi connectivity index (χ3n) is 7.47. The van der Waals surface area contributed by atoms with E-state index in [1.165, 1.54) is 4.90 Å². The third kappa shape index (κ3) is 7.22. The van der Waals surface area contributed by atoms with Gasteiger partial charge in [0.1, 0.15) is 18.0 Å². The van der Waals surface area contributed by atoms with E-state index in [1.54, 1.807) is 29.2 Å². The van der Waals surface area contributed by atoms with Crippen LogP contribution in [0.4, 0.5) is 9.59 Å². The Bertz CT molecular complexity index is 1530. The highest BCUT2D eigenvalue weighted by Crippen LogP contribution is 2.25. The molecular weight excluding hydrogens is 550 g/mol. The van der Waals surface area contributed by atoms with Crippen LogP contribution in [-0.2, 0) is 16.1 Å². The lowest BCUT2D eigenvalue weighted by Crippen LogP contribution is -2.53. The molecule has 5 rings (SSSR count). The summed E-state index contributed by atoms with van der Waals surface area (Å²) >= 11 is 0. The fraction of sp³-hybridized carbons (Fsp3) is 0.406. The molecule has 3 aromatic rings. The van der Waals surface area contributed by atoms with Crippen LogP contribution < -0.4 is 15.4 Å². The molecule has 3 heterocycles. The Hall–Kier alpha value is -4.67. The molecule has 5 amide bonds. The fourth-order valence-corrected chi connectivity index (χ4v) is 5.37. The van der Waals surface area contributed by atoms with Gasteiger partial charge in [0.25, 0.3) is 11.8 Å². The first-order chi connectivity index (χ1) is 20.5. The second-order valence-corrected chi connectivity index (χ2v) is 12.0. The molecule has 1 aromatic heterocycles. The molecule has 11 nitrogen and oxygen atoms in total. The number of ether oxygens (including phenoxy) is 2. The quantitative estimate of drug-likeness (QED) is 0.393. The summed E-state index contributed by atoms with van der Waals surface area (Å²) in [6.45, 7) is 8.94. The third-order valence-corrected chi connectivity index (χ3v) is 7.47. The molecule has 2 N–H and O–H groups in total. The summed E-state index contributed by atoms with van der Waals surface area (Å²) in [5, 5.41) is 5.79. The molecule has 2 fully saturated rings. The average molecular weight is 588 g/mol. The Balaban J connectivity index is 1.26. The molecule has 0 radical (unpaired) electrons. The van der Waals surface area contributed by atoms with Crippen LogP contribution in [0.3, 0.4) is 0 Å². The number of nitrogens with zero attached hydrogens (tertiary/aromatic N) is 3. The summed E-state index contributed by atoms with van der Waals surface area (Å²) in [7, 11) is 0. The average Bonchev–Trinajstić information content (AvgIpc) is 3.31. The van der Waals surface area contributed by atoms with Crippen molar-refractivity contribution in [1.82, 2.24) is 25.4 Å². The first kappa shape index (κ1) is 29.8. The minimum Gasteiger partial charge on any atom is -0.489 e. The van der Waals surface area contributed by atoms with Crippen LogP contribution in [0.15, 0.2) is 54.6 Å². The molecular formula is C32H37N5O6. The van der Waals surface area contributed by atoms with Gasteiger partial charge in [-0.1, -0.05) is 18.2 Å². The number of carbonyl (C=O) groups is 4. The highest BCUT2D eigenvalue weighted by atomic mass is 16.6. The molecule has 0 bridgehead atoms. The summed E-state index contributed by atoms with van der Waals surface area (Å²) in [5.74, 6) is -0.360. The van der Waals surface area contributed by atoms with Gasteiger partial charge < -0.3 is 24.6 Å². The topological polar surface area (TPSA) is 130 Å². The molecule has 2 saturated heterocycles. The number of carbonyl (C=O) groups excluding carboxylic acids is 4. The number of urea groups is 1. The number of rotatable bonds is 7. The molecule has 1 atom stereocenters. The van der Waals surface area contributed by atoms with Crippen LogP contribution >= 0.6 is 0 Å². The fourth-order valence-electron chi connectivity index (χ4n) is 5.37. The van der Waals surface area contributed by atoms with Gasteiger partial charge >= 0.3 is 12.1 Å². The van der Waals surface area contributed by atoms with Gasteiger partial charge in [-0.2, -0.15) is 0 Å². The number of imide groups is 1. The van der Waals surface area contributed by atoms with Crippen molar-refractivity contribution in [3.63, 3.8) is 0 Å². The largest absolute Gasteiger partial charge is 0.489 e. The molecule has 226 valence electrons. The molecule has 2 aromatic carbocycles. The lowest BCUT2D eigenvalue weighted by atomic mass is 9.95. The number of pyridine rings is 1. The van der Waals surface area contributed by atoms with Gasteiger partial charge in [0.2, 0.25) is 0 Å². The van der Waals surface area contributed by atoms with Crippen molar-refractivity contribution in [3.05, 3.63) is 71.4 Å². The Morgan fingerprint density at radius 2 is 1.74 bits per heavy atom. The maximum absolute atomic E-state index is 13.7. The van der Waals surface area contributed by atoms with Gasteiger partial charge in [0.15, 0.2) is 6.17 Å². The van der Waals surface area contributed by atoms with Crippen LogP contribution in [0.25, 0.3) is 10.9 Å². The summed E-state index contributed by atoms with van der Waals surface area (Å²) in [6.07, 6.45) is -0.235. The second kappa shape index (κ2) is 12.3. The number of para-hydroxylation sites is 1. The number of hydrogen-bond donors (Lipinski definition) is 2. The smallest absolute Gasteiger partial charge is 0.410 e. The van der Waals surface area contributed by atoms with Crippen molar-refractivity contribution in [3.8, 4) is 5.75 Å². The van der Waals surface area contributed by atoms with Crippen LogP contribution in [0.1, 0.15) is 55.2 Å². The zero-order valence-electron chi connectivity index (χ0n) is 24.9. The predicted molar refractivity (Wildman–Crippen MR) is 159 cm³/mol. The van der Waals surface area contributed by atoms with Crippen molar-refractivity contribution in [2.24, 2.45) is 5.92 Å². The normalized spacial score (nSPS) is 17.4. The standard InChI is InChI=1S/C32H37N5O6/c1-20-17-23(25-7-5-6-8-26(25)33-20)19-42-24-11-9-22(10-12-24)29(39)37(27-28(38)35-30(40)34-27)18-21-13-15-36(16-14-21)31(41)43-32(2,3)4/h5-12,17,21,27H,13-16,18-19H2,1-4H3,(H2,34,35,38,40). The summed E-state index contributed by atoms with van der Waals surface area (Å²) in [5.41, 5.74) is 2.59. The zero-order chi connectivity index (χ0) is 30.7. The van der Waals surface area contributed by atoms with Crippen LogP contribution in [0.5, 0.6) is 5.75 Å². The van der Waals surface area contributed by atoms with E-state index in [0.29, 0.717) is 43.9 Å². The maximum Gasteiger partial charge on any atom is 0.410 e. The van der Waals surface area contributed by atoms with Crippen LogP contribution in [-0.4, -0.2) is 70.1 Å². The zero-order valence-corrected chi connectivity index (χ0v) is 24.9. The minimum atomic E-state index is -1.12. The number of fused-ring (bicyclic) bond motifs is 1. The van der Waals surface area contributed by atoms with Gasteiger partial charge in [-0.3, -0.25) is 19.9 Å². The highest BCUT2D eigenvalue weighted by molar-refractivity contribution is 6.06. The van der Waals surface area contributed by atoms with Crippen molar-refractivity contribution in [2.75, 3.05) is 19.6 Å². The maximum atomic E-state index is 13.7. The Kier molecular flexibility index (Phi) is 8.52. The molecule has 0 spiro atoms. The molecule has 0 saturated carbocycles. The van der Waals surface area contributed by atoms with Gasteiger partial charge in [-0.05, 0) is 82.9 Å². The van der Waals surface area contributed by atoms with Gasteiger partial charge in [0.05, 0.1) is 5.52 Å². The summed E-state index contributed by atoms with van der Waals surface area (Å²) in [6, 6.07) is 16.0. The van der Waals surface area contributed by atoms with Crippen molar-refractivity contribution < 1.29 is 28.7 Å². The van der Waals surface area contributed by atoms with Crippen molar-refractivity contribution in [1.29, 1.82) is 0 Å². The van der Waals surface area contributed by atoms with Gasteiger partial charge in [-0.15, -0.1) is 0 Å². The monoisotopic (exact) mass is 587 g/mol. The van der Waals surface area contributed by atoms with E-state index in [2.05, 4.69) is 15.6 Å². The number of hydrogen-bond acceptors (Lipinski definition) is 7. The van der Waals surface area contributed by atoms with Crippen LogP contribution in [0.2, 0.25) is 0 Å². The SMILES string of the molecule is Cc1cc(COc2ccc(C(=O)N(CC3CCN(C(=O)OC(C)(C)C)CC3)C3NC(=O)NC3=O)cc2)c2ccccc2n1. The van der Waals surface area contributed by atoms with E-state index >= 15 is 0 Å². The number of nitrogens with one attached hydrogen (secondary N) is 2. The van der Waals surface area contributed by atoms with E-state index in [4.69, 9.17) is 9.47 Å². The summed E-state index contributed by atoms with van der Waals surface area (Å²) in [4.78, 5) is 58.3. The Morgan fingerprint density at radius 1 is 1.05 bits per heavy atom. The van der Waals surface area contributed by atoms with E-state index in [0.717, 1.165) is 22.2 Å². The number of benzene rings is 2. The first-order valence-corrected chi connectivity index (χ1v) is 14.5.